The highest BCUT2D eigenvalue weighted by Gasteiger charge is 2.39. The van der Waals surface area contributed by atoms with Crippen LogP contribution in [0.2, 0.25) is 0 Å². The number of aliphatic hydroxyl groups is 1. The van der Waals surface area contributed by atoms with Gasteiger partial charge >= 0.3 is 0 Å². The molecule has 0 spiro atoms. The summed E-state index contributed by atoms with van der Waals surface area (Å²) in [5, 5.41) is 12.6. The number of rotatable bonds is 7. The topological polar surface area (TPSA) is 49.3 Å². The van der Waals surface area contributed by atoms with Crippen LogP contribution in [0.1, 0.15) is 52.9 Å². The molecule has 0 radical (unpaired) electrons. The minimum atomic E-state index is -0.122. The third-order valence-corrected chi connectivity index (χ3v) is 5.23. The molecule has 1 amide bonds. The van der Waals surface area contributed by atoms with Gasteiger partial charge in [-0.15, -0.1) is 11.8 Å². The molecule has 3 atom stereocenters. The van der Waals surface area contributed by atoms with Crippen molar-refractivity contribution >= 4 is 17.7 Å². The quantitative estimate of drug-likeness (QED) is 0.701. The van der Waals surface area contributed by atoms with Gasteiger partial charge in [-0.3, -0.25) is 4.79 Å². The van der Waals surface area contributed by atoms with Crippen LogP contribution in [0.4, 0.5) is 0 Å². The van der Waals surface area contributed by atoms with Crippen LogP contribution in [0.15, 0.2) is 0 Å². The van der Waals surface area contributed by atoms with Crippen molar-refractivity contribution in [2.24, 2.45) is 5.41 Å². The molecule has 0 saturated heterocycles. The number of hydrogen-bond acceptors (Lipinski definition) is 3. The average Bonchev–Trinajstić information content (AvgIpc) is 2.72. The van der Waals surface area contributed by atoms with Gasteiger partial charge < -0.3 is 10.4 Å². The van der Waals surface area contributed by atoms with E-state index in [1.165, 1.54) is 12.8 Å². The first-order valence-corrected chi connectivity index (χ1v) is 8.11. The molecule has 4 heteroatoms. The minimum Gasteiger partial charge on any atom is -0.396 e. The number of hydrogen-bond donors (Lipinski definition) is 2. The molecule has 1 aliphatic rings. The van der Waals surface area contributed by atoms with Gasteiger partial charge in [0.15, 0.2) is 0 Å². The van der Waals surface area contributed by atoms with Gasteiger partial charge in [0.2, 0.25) is 5.91 Å². The van der Waals surface area contributed by atoms with Crippen LogP contribution < -0.4 is 5.32 Å². The number of unbranched alkanes of at least 4 members (excludes halogenated alkanes) is 1. The molecule has 1 fully saturated rings. The number of carbonyl (C=O) groups is 1. The summed E-state index contributed by atoms with van der Waals surface area (Å²) in [5.74, 6) is 1.18. The molecular formula is C14H27NO2S. The van der Waals surface area contributed by atoms with Gasteiger partial charge in [0.25, 0.3) is 0 Å². The van der Waals surface area contributed by atoms with Crippen LogP contribution in [0, 0.1) is 5.41 Å². The summed E-state index contributed by atoms with van der Waals surface area (Å²) in [4.78, 5) is 12.1. The SMILES string of the molecule is CCCCS[C@H](C)C(=O)N[C@@H]1CCC[C@@]1(C)CO. The third-order valence-electron chi connectivity index (χ3n) is 3.99. The van der Waals surface area contributed by atoms with E-state index in [1.54, 1.807) is 11.8 Å². The molecule has 1 rings (SSSR count). The Morgan fingerprint density at radius 2 is 2.33 bits per heavy atom. The number of carbonyl (C=O) groups excluding carboxylic acids is 1. The van der Waals surface area contributed by atoms with Crippen molar-refractivity contribution in [3.05, 3.63) is 0 Å². The molecule has 3 nitrogen and oxygen atoms in total. The van der Waals surface area contributed by atoms with Crippen molar-refractivity contribution in [2.75, 3.05) is 12.4 Å². The molecule has 0 aliphatic heterocycles. The zero-order chi connectivity index (χ0) is 13.6. The second-order valence-corrected chi connectivity index (χ2v) is 7.08. The molecule has 2 N–H and O–H groups in total. The van der Waals surface area contributed by atoms with Crippen molar-refractivity contribution in [1.29, 1.82) is 0 Å². The zero-order valence-electron chi connectivity index (χ0n) is 11.9. The van der Waals surface area contributed by atoms with E-state index in [0.29, 0.717) is 0 Å². The van der Waals surface area contributed by atoms with E-state index in [4.69, 9.17) is 0 Å². The zero-order valence-corrected chi connectivity index (χ0v) is 12.7. The fourth-order valence-electron chi connectivity index (χ4n) is 2.44. The Kier molecular flexibility index (Phi) is 6.50. The van der Waals surface area contributed by atoms with E-state index < -0.39 is 0 Å². The second kappa shape index (κ2) is 7.39. The summed E-state index contributed by atoms with van der Waals surface area (Å²) >= 11 is 1.73. The lowest BCUT2D eigenvalue weighted by Gasteiger charge is -2.30. The second-order valence-electron chi connectivity index (χ2n) is 5.63. The summed E-state index contributed by atoms with van der Waals surface area (Å²) in [6, 6.07) is 0.143. The highest BCUT2D eigenvalue weighted by molar-refractivity contribution is 8.00. The molecule has 0 aromatic carbocycles. The molecule has 0 bridgehead atoms. The first-order chi connectivity index (χ1) is 8.53. The van der Waals surface area contributed by atoms with Crippen molar-refractivity contribution in [3.63, 3.8) is 0 Å². The first-order valence-electron chi connectivity index (χ1n) is 7.06. The monoisotopic (exact) mass is 273 g/mol. The molecule has 0 heterocycles. The summed E-state index contributed by atoms with van der Waals surface area (Å²) in [5.41, 5.74) is -0.122. The standard InChI is InChI=1S/C14H27NO2S/c1-4-5-9-18-11(2)13(17)15-12-7-6-8-14(12,3)10-16/h11-12,16H,4-10H2,1-3H3,(H,15,17)/t11-,12-,14+/m1/s1. The molecule has 0 aromatic rings. The van der Waals surface area contributed by atoms with Gasteiger partial charge in [-0.25, -0.2) is 0 Å². The summed E-state index contributed by atoms with van der Waals surface area (Å²) in [6.07, 6.45) is 5.44. The Hall–Kier alpha value is -0.220. The number of amides is 1. The van der Waals surface area contributed by atoms with Crippen LogP contribution in [0.3, 0.4) is 0 Å². The van der Waals surface area contributed by atoms with Crippen molar-refractivity contribution in [3.8, 4) is 0 Å². The predicted molar refractivity (Wildman–Crippen MR) is 77.8 cm³/mol. The van der Waals surface area contributed by atoms with Gasteiger partial charge in [-0.2, -0.15) is 0 Å². The van der Waals surface area contributed by atoms with E-state index in [9.17, 15) is 9.90 Å². The van der Waals surface area contributed by atoms with Gasteiger partial charge in [-0.1, -0.05) is 26.7 Å². The van der Waals surface area contributed by atoms with E-state index in [-0.39, 0.29) is 29.2 Å². The first kappa shape index (κ1) is 15.8. The highest BCUT2D eigenvalue weighted by Crippen LogP contribution is 2.37. The van der Waals surface area contributed by atoms with E-state index >= 15 is 0 Å². The van der Waals surface area contributed by atoms with Crippen LogP contribution in [-0.4, -0.2) is 34.7 Å². The van der Waals surface area contributed by atoms with Crippen molar-refractivity contribution in [2.45, 2.75) is 64.2 Å². The Morgan fingerprint density at radius 3 is 2.94 bits per heavy atom. The van der Waals surface area contributed by atoms with E-state index in [1.807, 2.05) is 6.92 Å². The molecule has 0 aromatic heterocycles. The smallest absolute Gasteiger partial charge is 0.233 e. The lowest BCUT2D eigenvalue weighted by atomic mass is 9.86. The lowest BCUT2D eigenvalue weighted by molar-refractivity contribution is -0.121. The maximum absolute atomic E-state index is 12.1. The summed E-state index contributed by atoms with van der Waals surface area (Å²) < 4.78 is 0. The van der Waals surface area contributed by atoms with Gasteiger partial charge in [0, 0.05) is 11.5 Å². The largest absolute Gasteiger partial charge is 0.396 e. The lowest BCUT2D eigenvalue weighted by Crippen LogP contribution is -2.47. The minimum absolute atomic E-state index is 0.0140. The van der Waals surface area contributed by atoms with Gasteiger partial charge in [0.05, 0.1) is 11.9 Å². The van der Waals surface area contributed by atoms with Crippen LogP contribution in [0.5, 0.6) is 0 Å². The third kappa shape index (κ3) is 4.16. The summed E-state index contributed by atoms with van der Waals surface area (Å²) in [6.45, 7) is 6.37. The average molecular weight is 273 g/mol. The maximum atomic E-state index is 12.1. The molecular weight excluding hydrogens is 246 g/mol. The van der Waals surface area contributed by atoms with Crippen LogP contribution in [-0.2, 0) is 4.79 Å². The predicted octanol–water partition coefficient (Wildman–Crippen LogP) is 2.58. The normalized spacial score (nSPS) is 29.2. The number of thioether (sulfide) groups is 1. The number of nitrogens with one attached hydrogen (secondary N) is 1. The van der Waals surface area contributed by atoms with Gasteiger partial charge in [-0.05, 0) is 31.9 Å². The van der Waals surface area contributed by atoms with E-state index in [0.717, 1.165) is 25.0 Å². The fourth-order valence-corrected chi connectivity index (χ4v) is 3.47. The van der Waals surface area contributed by atoms with Crippen molar-refractivity contribution < 1.29 is 9.90 Å². The Bertz CT molecular complexity index is 273. The highest BCUT2D eigenvalue weighted by atomic mass is 32.2. The van der Waals surface area contributed by atoms with Crippen LogP contribution in [0.25, 0.3) is 0 Å². The fraction of sp³-hybridized carbons (Fsp3) is 0.929. The Labute approximate surface area is 115 Å². The molecule has 18 heavy (non-hydrogen) atoms. The maximum Gasteiger partial charge on any atom is 0.233 e. The van der Waals surface area contributed by atoms with Gasteiger partial charge in [0.1, 0.15) is 0 Å². The Morgan fingerprint density at radius 1 is 1.61 bits per heavy atom. The van der Waals surface area contributed by atoms with E-state index in [2.05, 4.69) is 19.2 Å². The van der Waals surface area contributed by atoms with Crippen LogP contribution >= 0.6 is 11.8 Å². The Balaban J connectivity index is 2.39. The van der Waals surface area contributed by atoms with Crippen molar-refractivity contribution in [1.82, 2.24) is 5.32 Å². The molecule has 0 unspecified atom stereocenters. The molecule has 1 saturated carbocycles. The number of aliphatic hydroxyl groups excluding tert-OH is 1. The summed E-state index contributed by atoms with van der Waals surface area (Å²) in [7, 11) is 0. The molecule has 1 aliphatic carbocycles. The molecule has 106 valence electrons.